The van der Waals surface area contributed by atoms with Crippen LogP contribution in [0, 0.1) is 0 Å². The van der Waals surface area contributed by atoms with Gasteiger partial charge in [-0.1, -0.05) is 6.07 Å². The van der Waals surface area contributed by atoms with Crippen LogP contribution in [0.15, 0.2) is 24.3 Å². The number of benzene rings is 1. The minimum atomic E-state index is -1.12. The van der Waals surface area contributed by atoms with E-state index in [0.717, 1.165) is 0 Å². The summed E-state index contributed by atoms with van der Waals surface area (Å²) < 4.78 is 0. The van der Waals surface area contributed by atoms with Crippen molar-refractivity contribution in [3.8, 4) is 0 Å². The average molecular weight is 212 g/mol. The molecule has 0 fully saturated rings. The van der Waals surface area contributed by atoms with E-state index >= 15 is 0 Å². The summed E-state index contributed by atoms with van der Waals surface area (Å²) >= 11 is 0. The van der Waals surface area contributed by atoms with E-state index in [1.54, 1.807) is 24.3 Å². The van der Waals surface area contributed by atoms with Crippen LogP contribution < -0.4 is 11.1 Å². The number of hydrogen-bond acceptors (Lipinski definition) is 5. The Morgan fingerprint density at radius 3 is 2.20 bits per heavy atom. The van der Waals surface area contributed by atoms with Gasteiger partial charge in [0.15, 0.2) is 0 Å². The molecule has 15 heavy (non-hydrogen) atoms. The van der Waals surface area contributed by atoms with Crippen LogP contribution in [-0.4, -0.2) is 40.7 Å². The third-order valence-corrected chi connectivity index (χ3v) is 2.20. The molecule has 5 nitrogen and oxygen atoms in total. The topological polar surface area (TPSA) is 98.7 Å². The minimum absolute atomic E-state index is 0.366. The fourth-order valence-corrected chi connectivity index (χ4v) is 1.19. The Morgan fingerprint density at radius 2 is 1.73 bits per heavy atom. The van der Waals surface area contributed by atoms with Gasteiger partial charge in [0.25, 0.3) is 0 Å². The number of nitrogens with two attached hydrogens (primary N) is 1. The summed E-state index contributed by atoms with van der Waals surface area (Å²) in [7, 11) is 0. The van der Waals surface area contributed by atoms with Crippen LogP contribution in [0.4, 0.5) is 11.4 Å². The van der Waals surface area contributed by atoms with Gasteiger partial charge in [-0.3, -0.25) is 0 Å². The monoisotopic (exact) mass is 212 g/mol. The summed E-state index contributed by atoms with van der Waals surface area (Å²) in [6, 6.07) is 6.88. The van der Waals surface area contributed by atoms with E-state index in [0.29, 0.717) is 11.4 Å². The third-order valence-electron chi connectivity index (χ3n) is 2.20. The zero-order valence-electron chi connectivity index (χ0n) is 8.35. The highest BCUT2D eigenvalue weighted by atomic mass is 16.3. The first-order valence-corrected chi connectivity index (χ1v) is 4.62. The Morgan fingerprint density at radius 1 is 1.13 bits per heavy atom. The van der Waals surface area contributed by atoms with E-state index in [9.17, 15) is 0 Å². The van der Waals surface area contributed by atoms with Gasteiger partial charge in [0.2, 0.25) is 0 Å². The molecule has 1 rings (SSSR count). The van der Waals surface area contributed by atoms with Crippen molar-refractivity contribution in [3.05, 3.63) is 24.3 Å². The maximum atomic E-state index is 9.09. The second-order valence-electron chi connectivity index (χ2n) is 3.51. The Kier molecular flexibility index (Phi) is 3.90. The average Bonchev–Trinajstić information content (AvgIpc) is 2.26. The van der Waals surface area contributed by atoms with Crippen molar-refractivity contribution in [1.29, 1.82) is 0 Å². The molecule has 0 bridgehead atoms. The first-order valence-electron chi connectivity index (χ1n) is 4.62. The summed E-state index contributed by atoms with van der Waals surface area (Å²) in [5, 5.41) is 30.1. The zero-order valence-corrected chi connectivity index (χ0v) is 8.35. The largest absolute Gasteiger partial charge is 0.399 e. The number of aliphatic hydroxyl groups excluding tert-OH is 3. The number of rotatable bonds is 5. The summed E-state index contributed by atoms with van der Waals surface area (Å²) in [5.74, 6) is 0. The standard InChI is InChI=1S/C10H16N2O3/c11-8-2-1-3-9(4-8)12-10(5-13,6-14)7-15/h1-4,12-15H,5-7,11H2. The molecule has 0 aliphatic carbocycles. The molecule has 6 N–H and O–H groups in total. The van der Waals surface area contributed by atoms with Crippen LogP contribution in [0.25, 0.3) is 0 Å². The fourth-order valence-electron chi connectivity index (χ4n) is 1.19. The summed E-state index contributed by atoms with van der Waals surface area (Å²) in [6.07, 6.45) is 0. The molecule has 0 heterocycles. The van der Waals surface area contributed by atoms with Crippen molar-refractivity contribution in [3.63, 3.8) is 0 Å². The van der Waals surface area contributed by atoms with Crippen molar-refractivity contribution in [1.82, 2.24) is 0 Å². The first-order chi connectivity index (χ1) is 7.15. The van der Waals surface area contributed by atoms with Crippen molar-refractivity contribution >= 4 is 11.4 Å². The lowest BCUT2D eigenvalue weighted by atomic mass is 10.0. The van der Waals surface area contributed by atoms with Gasteiger partial charge in [-0.25, -0.2) is 0 Å². The molecule has 0 unspecified atom stereocenters. The molecule has 1 aromatic carbocycles. The summed E-state index contributed by atoms with van der Waals surface area (Å²) in [6.45, 7) is -1.10. The predicted octanol–water partition coefficient (Wildman–Crippen LogP) is -0.604. The minimum Gasteiger partial charge on any atom is -0.399 e. The number of nitrogens with one attached hydrogen (secondary N) is 1. The van der Waals surface area contributed by atoms with Gasteiger partial charge in [-0.2, -0.15) is 0 Å². The molecule has 0 saturated carbocycles. The van der Waals surface area contributed by atoms with Gasteiger partial charge in [-0.15, -0.1) is 0 Å². The van der Waals surface area contributed by atoms with Crippen LogP contribution in [0.2, 0.25) is 0 Å². The molecule has 0 spiro atoms. The van der Waals surface area contributed by atoms with Crippen molar-refractivity contribution in [2.24, 2.45) is 0 Å². The van der Waals surface area contributed by atoms with Crippen molar-refractivity contribution < 1.29 is 15.3 Å². The third kappa shape index (κ3) is 2.82. The van der Waals surface area contributed by atoms with Gasteiger partial charge in [0.1, 0.15) is 5.54 Å². The van der Waals surface area contributed by atoms with E-state index < -0.39 is 5.54 Å². The molecule has 1 aromatic rings. The highest BCUT2D eigenvalue weighted by molar-refractivity contribution is 5.55. The highest BCUT2D eigenvalue weighted by Gasteiger charge is 2.27. The Hall–Kier alpha value is -1.30. The molecular formula is C10H16N2O3. The van der Waals surface area contributed by atoms with E-state index in [1.165, 1.54) is 0 Å². The van der Waals surface area contributed by atoms with Crippen molar-refractivity contribution in [2.45, 2.75) is 5.54 Å². The highest BCUT2D eigenvalue weighted by Crippen LogP contribution is 2.17. The number of hydrogen-bond donors (Lipinski definition) is 5. The second-order valence-corrected chi connectivity index (χ2v) is 3.51. The maximum Gasteiger partial charge on any atom is 0.107 e. The van der Waals surface area contributed by atoms with E-state index in [4.69, 9.17) is 21.1 Å². The van der Waals surface area contributed by atoms with E-state index in [2.05, 4.69) is 5.32 Å². The quantitative estimate of drug-likeness (QED) is 0.420. The summed E-state index contributed by atoms with van der Waals surface area (Å²) in [5.41, 5.74) is 5.67. The van der Waals surface area contributed by atoms with E-state index in [1.807, 2.05) is 0 Å². The van der Waals surface area contributed by atoms with Crippen LogP contribution in [-0.2, 0) is 0 Å². The Labute approximate surface area is 88.2 Å². The van der Waals surface area contributed by atoms with Gasteiger partial charge >= 0.3 is 0 Å². The van der Waals surface area contributed by atoms with Gasteiger partial charge in [0.05, 0.1) is 19.8 Å². The first kappa shape index (κ1) is 11.8. The molecule has 0 aliphatic heterocycles. The smallest absolute Gasteiger partial charge is 0.107 e. The molecular weight excluding hydrogens is 196 g/mol. The molecule has 5 heteroatoms. The van der Waals surface area contributed by atoms with Gasteiger partial charge < -0.3 is 26.4 Å². The Bertz CT molecular complexity index is 305. The molecule has 84 valence electrons. The lowest BCUT2D eigenvalue weighted by Gasteiger charge is -2.29. The van der Waals surface area contributed by atoms with Gasteiger partial charge in [0, 0.05) is 11.4 Å². The molecule has 0 aliphatic rings. The molecule has 0 saturated heterocycles. The molecule has 0 amide bonds. The lowest BCUT2D eigenvalue weighted by molar-refractivity contribution is 0.0834. The van der Waals surface area contributed by atoms with Gasteiger partial charge in [-0.05, 0) is 18.2 Å². The van der Waals surface area contributed by atoms with Crippen molar-refractivity contribution in [2.75, 3.05) is 30.9 Å². The Balaban J connectivity index is 2.82. The number of nitrogen functional groups attached to an aromatic ring is 1. The number of aliphatic hydroxyl groups is 3. The second kappa shape index (κ2) is 4.97. The van der Waals surface area contributed by atoms with Crippen LogP contribution in [0.1, 0.15) is 0 Å². The molecule has 0 atom stereocenters. The fraction of sp³-hybridized carbons (Fsp3) is 0.400. The molecule has 0 aromatic heterocycles. The summed E-state index contributed by atoms with van der Waals surface area (Å²) in [4.78, 5) is 0. The SMILES string of the molecule is Nc1cccc(NC(CO)(CO)CO)c1. The predicted molar refractivity (Wildman–Crippen MR) is 58.5 cm³/mol. The normalized spacial score (nSPS) is 11.4. The van der Waals surface area contributed by atoms with Crippen LogP contribution >= 0.6 is 0 Å². The zero-order chi connectivity index (χ0) is 11.3. The van der Waals surface area contributed by atoms with E-state index in [-0.39, 0.29) is 19.8 Å². The maximum absolute atomic E-state index is 9.09. The van der Waals surface area contributed by atoms with Crippen LogP contribution in [0.3, 0.4) is 0 Å². The number of anilines is 2. The van der Waals surface area contributed by atoms with Crippen LogP contribution in [0.5, 0.6) is 0 Å². The lowest BCUT2D eigenvalue weighted by Crippen LogP contribution is -2.49. The molecule has 0 radical (unpaired) electrons.